The zero-order chi connectivity index (χ0) is 12.3. The number of carbonyl (C=O) groups excluding carboxylic acids is 1. The molecule has 1 aliphatic rings. The zero-order valence-corrected chi connectivity index (χ0v) is 9.86. The number of esters is 1. The van der Waals surface area contributed by atoms with E-state index in [0.29, 0.717) is 6.54 Å². The van der Waals surface area contributed by atoms with Crippen molar-refractivity contribution in [3.63, 3.8) is 0 Å². The van der Waals surface area contributed by atoms with Crippen LogP contribution in [0.5, 0.6) is 0 Å². The van der Waals surface area contributed by atoms with Gasteiger partial charge in [0.05, 0.1) is 7.11 Å². The third-order valence-electron chi connectivity index (χ3n) is 3.11. The van der Waals surface area contributed by atoms with Crippen LogP contribution < -0.4 is 0 Å². The highest BCUT2D eigenvalue weighted by Gasteiger charge is 2.31. The number of carbonyl (C=O) groups is 1. The second kappa shape index (κ2) is 5.27. The van der Waals surface area contributed by atoms with Gasteiger partial charge in [-0.15, -0.1) is 0 Å². The van der Waals surface area contributed by atoms with Gasteiger partial charge in [0, 0.05) is 6.54 Å². The van der Waals surface area contributed by atoms with Crippen LogP contribution in [0, 0.1) is 5.82 Å². The lowest BCUT2D eigenvalue weighted by molar-refractivity contribution is -0.146. The Morgan fingerprint density at radius 1 is 1.59 bits per heavy atom. The third-order valence-corrected chi connectivity index (χ3v) is 3.11. The van der Waals surface area contributed by atoms with E-state index in [-0.39, 0.29) is 17.8 Å². The molecule has 0 N–H and O–H groups in total. The van der Waals surface area contributed by atoms with Gasteiger partial charge in [-0.3, -0.25) is 9.69 Å². The molecule has 0 radical (unpaired) electrons. The van der Waals surface area contributed by atoms with Gasteiger partial charge in [0.15, 0.2) is 0 Å². The van der Waals surface area contributed by atoms with Gasteiger partial charge in [0.1, 0.15) is 11.9 Å². The molecule has 1 aliphatic heterocycles. The average Bonchev–Trinajstić information content (AvgIpc) is 2.76. The Labute approximate surface area is 100 Å². The van der Waals surface area contributed by atoms with Crippen LogP contribution >= 0.6 is 0 Å². The van der Waals surface area contributed by atoms with Crippen molar-refractivity contribution in [3.05, 3.63) is 35.6 Å². The van der Waals surface area contributed by atoms with Crippen LogP contribution in [0.25, 0.3) is 0 Å². The number of nitrogens with zero attached hydrogens (tertiary/aromatic N) is 1. The summed E-state index contributed by atoms with van der Waals surface area (Å²) >= 11 is 0. The minimum atomic E-state index is -0.240. The third kappa shape index (κ3) is 2.82. The average molecular weight is 237 g/mol. The van der Waals surface area contributed by atoms with E-state index in [1.165, 1.54) is 19.2 Å². The van der Waals surface area contributed by atoms with Crippen LogP contribution in [0.2, 0.25) is 0 Å². The molecule has 0 bridgehead atoms. The minimum Gasteiger partial charge on any atom is -0.468 e. The van der Waals surface area contributed by atoms with Gasteiger partial charge in [-0.2, -0.15) is 0 Å². The highest BCUT2D eigenvalue weighted by molar-refractivity contribution is 5.75. The minimum absolute atomic E-state index is 0.178. The van der Waals surface area contributed by atoms with E-state index in [1.807, 2.05) is 11.0 Å². The number of methoxy groups -OCH3 is 1. The normalized spacial score (nSPS) is 20.5. The Kier molecular flexibility index (Phi) is 3.74. The fourth-order valence-corrected chi connectivity index (χ4v) is 2.29. The molecular formula is C13H16FNO2. The van der Waals surface area contributed by atoms with Gasteiger partial charge < -0.3 is 4.74 Å². The first-order chi connectivity index (χ1) is 8.20. The summed E-state index contributed by atoms with van der Waals surface area (Å²) < 4.78 is 17.8. The number of hydrogen-bond acceptors (Lipinski definition) is 3. The van der Waals surface area contributed by atoms with Crippen molar-refractivity contribution in [2.24, 2.45) is 0 Å². The Balaban J connectivity index is 2.05. The molecule has 2 rings (SSSR count). The van der Waals surface area contributed by atoms with Crippen LogP contribution in [0.1, 0.15) is 18.4 Å². The molecule has 3 nitrogen and oxygen atoms in total. The van der Waals surface area contributed by atoms with Crippen molar-refractivity contribution in [2.45, 2.75) is 25.4 Å². The number of likely N-dealkylation sites (tertiary alicyclic amines) is 1. The van der Waals surface area contributed by atoms with Crippen molar-refractivity contribution < 1.29 is 13.9 Å². The van der Waals surface area contributed by atoms with Gasteiger partial charge in [-0.25, -0.2) is 4.39 Å². The lowest BCUT2D eigenvalue weighted by Crippen LogP contribution is -2.36. The summed E-state index contributed by atoms with van der Waals surface area (Å²) in [5, 5.41) is 0. The molecule has 17 heavy (non-hydrogen) atoms. The number of halogens is 1. The van der Waals surface area contributed by atoms with Gasteiger partial charge in [-0.1, -0.05) is 12.1 Å². The fourth-order valence-electron chi connectivity index (χ4n) is 2.29. The smallest absolute Gasteiger partial charge is 0.323 e. The maximum atomic E-state index is 13.1. The summed E-state index contributed by atoms with van der Waals surface area (Å²) in [5.41, 5.74) is 0.890. The van der Waals surface area contributed by atoms with E-state index in [9.17, 15) is 9.18 Å². The highest BCUT2D eigenvalue weighted by atomic mass is 19.1. The first-order valence-electron chi connectivity index (χ1n) is 5.77. The molecule has 0 unspecified atom stereocenters. The van der Waals surface area contributed by atoms with Crippen LogP contribution in [0.3, 0.4) is 0 Å². The molecule has 92 valence electrons. The summed E-state index contributed by atoms with van der Waals surface area (Å²) in [6.45, 7) is 1.45. The zero-order valence-electron chi connectivity index (χ0n) is 9.86. The maximum Gasteiger partial charge on any atom is 0.323 e. The number of rotatable bonds is 3. The lowest BCUT2D eigenvalue weighted by atomic mass is 10.2. The standard InChI is InChI=1S/C13H16FNO2/c1-17-13(16)12-6-3-7-15(12)9-10-4-2-5-11(14)8-10/h2,4-5,8,12H,3,6-7,9H2,1H3/t12-/m1/s1. The molecule has 0 spiro atoms. The number of ether oxygens (including phenoxy) is 1. The van der Waals surface area contributed by atoms with E-state index < -0.39 is 0 Å². The van der Waals surface area contributed by atoms with Crippen molar-refractivity contribution >= 4 is 5.97 Å². The van der Waals surface area contributed by atoms with Crippen molar-refractivity contribution in [1.29, 1.82) is 0 Å². The van der Waals surface area contributed by atoms with Gasteiger partial charge in [0.25, 0.3) is 0 Å². The fraction of sp³-hybridized carbons (Fsp3) is 0.462. The van der Waals surface area contributed by atoms with Crippen molar-refractivity contribution in [2.75, 3.05) is 13.7 Å². The molecule has 0 aliphatic carbocycles. The van der Waals surface area contributed by atoms with Crippen LogP contribution in [-0.4, -0.2) is 30.6 Å². The molecule has 0 saturated carbocycles. The first kappa shape index (κ1) is 12.0. The Morgan fingerprint density at radius 2 is 2.41 bits per heavy atom. The first-order valence-corrected chi connectivity index (χ1v) is 5.77. The molecule has 0 amide bonds. The molecule has 1 atom stereocenters. The molecule has 4 heteroatoms. The van der Waals surface area contributed by atoms with Crippen LogP contribution in [-0.2, 0) is 16.1 Å². The highest BCUT2D eigenvalue weighted by Crippen LogP contribution is 2.21. The molecule has 1 saturated heterocycles. The van der Waals surface area contributed by atoms with E-state index >= 15 is 0 Å². The summed E-state index contributed by atoms with van der Waals surface area (Å²) in [7, 11) is 1.40. The second-order valence-corrected chi connectivity index (χ2v) is 4.28. The number of benzene rings is 1. The summed E-state index contributed by atoms with van der Waals surface area (Å²) in [6, 6.07) is 6.31. The largest absolute Gasteiger partial charge is 0.468 e. The topological polar surface area (TPSA) is 29.5 Å². The Hall–Kier alpha value is -1.42. The van der Waals surface area contributed by atoms with Crippen molar-refractivity contribution in [1.82, 2.24) is 4.90 Å². The van der Waals surface area contributed by atoms with E-state index in [1.54, 1.807) is 6.07 Å². The molecule has 1 aromatic carbocycles. The molecule has 1 fully saturated rings. The van der Waals surface area contributed by atoms with Crippen LogP contribution in [0.4, 0.5) is 4.39 Å². The van der Waals surface area contributed by atoms with Gasteiger partial charge in [-0.05, 0) is 37.1 Å². The maximum absolute atomic E-state index is 13.1. The predicted octanol–water partition coefficient (Wildman–Crippen LogP) is 1.96. The summed E-state index contributed by atoms with van der Waals surface area (Å²) in [6.07, 6.45) is 1.80. The lowest BCUT2D eigenvalue weighted by Gasteiger charge is -2.22. The van der Waals surface area contributed by atoms with Crippen molar-refractivity contribution in [3.8, 4) is 0 Å². The summed E-state index contributed by atoms with van der Waals surface area (Å²) in [4.78, 5) is 13.6. The van der Waals surface area contributed by atoms with Crippen LogP contribution in [0.15, 0.2) is 24.3 Å². The number of hydrogen-bond donors (Lipinski definition) is 0. The van der Waals surface area contributed by atoms with Gasteiger partial charge >= 0.3 is 5.97 Å². The Bertz CT molecular complexity index is 408. The Morgan fingerprint density at radius 3 is 3.12 bits per heavy atom. The second-order valence-electron chi connectivity index (χ2n) is 4.28. The molecule has 0 aromatic heterocycles. The SMILES string of the molecule is COC(=O)[C@H]1CCCN1Cc1cccc(F)c1. The molecular weight excluding hydrogens is 221 g/mol. The van der Waals surface area contributed by atoms with Gasteiger partial charge in [0.2, 0.25) is 0 Å². The quantitative estimate of drug-likeness (QED) is 0.753. The van der Waals surface area contributed by atoms with E-state index in [4.69, 9.17) is 4.74 Å². The molecule has 1 heterocycles. The van der Waals surface area contributed by atoms with E-state index in [0.717, 1.165) is 24.9 Å². The monoisotopic (exact) mass is 237 g/mol. The molecule has 1 aromatic rings. The van der Waals surface area contributed by atoms with E-state index in [2.05, 4.69) is 0 Å². The predicted molar refractivity (Wildman–Crippen MR) is 61.8 cm³/mol. The summed E-state index contributed by atoms with van der Waals surface area (Å²) in [5.74, 6) is -0.435.